The van der Waals surface area contributed by atoms with Crippen molar-refractivity contribution in [1.29, 1.82) is 0 Å². The van der Waals surface area contributed by atoms with Gasteiger partial charge in [-0.3, -0.25) is 14.4 Å². The lowest BCUT2D eigenvalue weighted by atomic mass is 9.95. The number of ether oxygens (including phenoxy) is 3. The van der Waals surface area contributed by atoms with Gasteiger partial charge in [0.05, 0.1) is 5.92 Å². The Labute approximate surface area is 254 Å². The molecule has 0 fully saturated rings. The predicted octanol–water partition coefficient (Wildman–Crippen LogP) is 6.02. The van der Waals surface area contributed by atoms with Crippen LogP contribution in [-0.2, 0) is 39.8 Å². The molecule has 42 heavy (non-hydrogen) atoms. The maximum absolute atomic E-state index is 13.8. The highest BCUT2D eigenvalue weighted by Crippen LogP contribution is 2.24. The zero-order valence-electron chi connectivity index (χ0n) is 25.9. The molecule has 0 aromatic heterocycles. The third-order valence-electron chi connectivity index (χ3n) is 6.50. The minimum absolute atomic E-state index is 0.0384. The van der Waals surface area contributed by atoms with Crippen molar-refractivity contribution < 1.29 is 33.4 Å². The van der Waals surface area contributed by atoms with Crippen molar-refractivity contribution in [2.75, 3.05) is 18.1 Å². The van der Waals surface area contributed by atoms with Crippen molar-refractivity contribution in [1.82, 2.24) is 5.32 Å². The van der Waals surface area contributed by atoms with Gasteiger partial charge in [0.25, 0.3) is 0 Å². The number of carbonyl (C=O) groups excluding carboxylic acids is 4. The molecule has 0 heterocycles. The monoisotopic (exact) mass is 601 g/mol. The summed E-state index contributed by atoms with van der Waals surface area (Å²) in [6.45, 7) is 10.8. The van der Waals surface area contributed by atoms with Gasteiger partial charge in [0, 0.05) is 24.3 Å². The minimum atomic E-state index is -0.747. The lowest BCUT2D eigenvalue weighted by Gasteiger charge is -2.26. The first-order chi connectivity index (χ1) is 20.0. The van der Waals surface area contributed by atoms with Gasteiger partial charge in [-0.05, 0) is 49.9 Å². The van der Waals surface area contributed by atoms with Crippen molar-refractivity contribution in [2.24, 2.45) is 5.92 Å². The van der Waals surface area contributed by atoms with Crippen molar-refractivity contribution in [2.45, 2.75) is 97.8 Å². The summed E-state index contributed by atoms with van der Waals surface area (Å²) in [5.41, 5.74) is 0.360. The Kier molecular flexibility index (Phi) is 14.9. The number of hydrogen-bond acceptors (Lipinski definition) is 8. The summed E-state index contributed by atoms with van der Waals surface area (Å²) in [5.74, 6) is -1.14. The van der Waals surface area contributed by atoms with E-state index in [9.17, 15) is 19.2 Å². The number of rotatable bonds is 17. The van der Waals surface area contributed by atoms with E-state index in [0.717, 1.165) is 29.2 Å². The van der Waals surface area contributed by atoms with E-state index in [-0.39, 0.29) is 37.3 Å². The molecule has 232 valence electrons. The zero-order chi connectivity index (χ0) is 31.1. The van der Waals surface area contributed by atoms with E-state index < -0.39 is 29.6 Å². The Balaban J connectivity index is 2.26. The maximum Gasteiger partial charge on any atom is 0.329 e. The molecule has 2 aromatic rings. The molecule has 1 amide bonds. The molecule has 0 saturated heterocycles. The molecule has 2 rings (SSSR count). The SMILES string of the molecule is CCCC[C@H](NC(=O)[C@@H](CSC[C@H](COC(=O)CC)OC(=O)CC)Cc1cccc2ccccc12)C(=O)OC(C)(C)C. The Bertz CT molecular complexity index is 1170. The van der Waals surface area contributed by atoms with Gasteiger partial charge < -0.3 is 19.5 Å². The quantitative estimate of drug-likeness (QED) is 0.173. The lowest BCUT2D eigenvalue weighted by molar-refractivity contribution is -0.159. The number of thioether (sulfide) groups is 1. The van der Waals surface area contributed by atoms with Crippen LogP contribution in [0.4, 0.5) is 0 Å². The van der Waals surface area contributed by atoms with Crippen molar-refractivity contribution in [3.05, 3.63) is 48.0 Å². The van der Waals surface area contributed by atoms with E-state index >= 15 is 0 Å². The molecule has 0 aliphatic carbocycles. The van der Waals surface area contributed by atoms with Crippen LogP contribution in [0.3, 0.4) is 0 Å². The fourth-order valence-corrected chi connectivity index (χ4v) is 5.41. The first kappa shape index (κ1) is 35.1. The van der Waals surface area contributed by atoms with Crippen LogP contribution in [0.5, 0.6) is 0 Å². The van der Waals surface area contributed by atoms with E-state index in [1.165, 1.54) is 11.8 Å². The summed E-state index contributed by atoms with van der Waals surface area (Å²) in [6, 6.07) is 13.3. The van der Waals surface area contributed by atoms with Gasteiger partial charge >= 0.3 is 17.9 Å². The second kappa shape index (κ2) is 17.8. The standard InChI is InChI=1S/C33H47NO7S/c1-7-10-18-28(32(38)41-33(4,5)6)34-31(37)25(19-24-16-13-15-23-14-11-12-17-27(23)24)21-42-22-26(40-30(36)9-3)20-39-29(35)8-2/h11-17,25-26,28H,7-10,18-22H2,1-6H3,(H,34,37)/t25-,26+,28+/m1/s1. The summed E-state index contributed by atoms with van der Waals surface area (Å²) in [4.78, 5) is 50.5. The van der Waals surface area contributed by atoms with Crippen LogP contribution < -0.4 is 5.32 Å². The average molecular weight is 602 g/mol. The molecule has 1 N–H and O–H groups in total. The number of carbonyl (C=O) groups is 4. The fourth-order valence-electron chi connectivity index (χ4n) is 4.30. The molecule has 0 radical (unpaired) electrons. The fraction of sp³-hybridized carbons (Fsp3) is 0.576. The Hall–Kier alpha value is -3.07. The summed E-state index contributed by atoms with van der Waals surface area (Å²) < 4.78 is 16.4. The highest BCUT2D eigenvalue weighted by atomic mass is 32.2. The molecule has 0 aliphatic heterocycles. The maximum atomic E-state index is 13.8. The summed E-state index contributed by atoms with van der Waals surface area (Å²) >= 11 is 1.45. The highest BCUT2D eigenvalue weighted by molar-refractivity contribution is 7.99. The van der Waals surface area contributed by atoms with Crippen LogP contribution in [0.15, 0.2) is 42.5 Å². The van der Waals surface area contributed by atoms with Crippen molar-refractivity contribution in [3.63, 3.8) is 0 Å². The smallest absolute Gasteiger partial charge is 0.329 e. The Morgan fingerprint density at radius 1 is 0.905 bits per heavy atom. The second-order valence-corrected chi connectivity index (χ2v) is 12.4. The number of amides is 1. The number of hydrogen-bond donors (Lipinski definition) is 1. The molecule has 0 unspecified atom stereocenters. The number of benzene rings is 2. The van der Waals surface area contributed by atoms with Gasteiger partial charge in [0.1, 0.15) is 24.4 Å². The molecular formula is C33H47NO7S. The molecule has 0 aliphatic rings. The third kappa shape index (κ3) is 12.4. The highest BCUT2D eigenvalue weighted by Gasteiger charge is 2.30. The number of esters is 3. The first-order valence-corrected chi connectivity index (χ1v) is 16.1. The van der Waals surface area contributed by atoms with Gasteiger partial charge in [-0.25, -0.2) is 4.79 Å². The molecular weight excluding hydrogens is 554 g/mol. The van der Waals surface area contributed by atoms with Crippen molar-refractivity contribution >= 4 is 46.3 Å². The number of fused-ring (bicyclic) bond motifs is 1. The minimum Gasteiger partial charge on any atom is -0.462 e. The average Bonchev–Trinajstić information content (AvgIpc) is 2.95. The Morgan fingerprint density at radius 2 is 1.60 bits per heavy atom. The topological polar surface area (TPSA) is 108 Å². The van der Waals surface area contributed by atoms with Crippen LogP contribution in [0, 0.1) is 5.92 Å². The Morgan fingerprint density at radius 3 is 2.26 bits per heavy atom. The van der Waals surface area contributed by atoms with Crippen molar-refractivity contribution in [3.8, 4) is 0 Å². The summed E-state index contributed by atoms with van der Waals surface area (Å²) in [6.07, 6.45) is 2.41. The largest absolute Gasteiger partial charge is 0.462 e. The van der Waals surface area contributed by atoms with Crippen LogP contribution >= 0.6 is 11.8 Å². The van der Waals surface area contributed by atoms with Gasteiger partial charge in [-0.1, -0.05) is 76.1 Å². The van der Waals surface area contributed by atoms with E-state index in [1.807, 2.05) is 70.2 Å². The van der Waals surface area contributed by atoms with E-state index in [4.69, 9.17) is 14.2 Å². The normalized spacial score (nSPS) is 13.6. The third-order valence-corrected chi connectivity index (χ3v) is 7.75. The number of unbranched alkanes of at least 4 members (excludes halogenated alkanes) is 1. The molecule has 0 spiro atoms. The summed E-state index contributed by atoms with van der Waals surface area (Å²) in [7, 11) is 0. The predicted molar refractivity (Wildman–Crippen MR) is 167 cm³/mol. The zero-order valence-corrected chi connectivity index (χ0v) is 26.7. The van der Waals surface area contributed by atoms with Gasteiger partial charge in [0.15, 0.2) is 0 Å². The van der Waals surface area contributed by atoms with Crippen LogP contribution in [0.25, 0.3) is 10.8 Å². The van der Waals surface area contributed by atoms with Crippen LogP contribution in [0.2, 0.25) is 0 Å². The lowest BCUT2D eigenvalue weighted by Crippen LogP contribution is -2.47. The second-order valence-electron chi connectivity index (χ2n) is 11.3. The molecule has 2 aromatic carbocycles. The summed E-state index contributed by atoms with van der Waals surface area (Å²) in [5, 5.41) is 5.14. The van der Waals surface area contributed by atoms with Crippen LogP contribution in [0.1, 0.15) is 79.2 Å². The van der Waals surface area contributed by atoms with E-state index in [1.54, 1.807) is 13.8 Å². The van der Waals surface area contributed by atoms with Crippen LogP contribution in [-0.4, -0.2) is 59.7 Å². The first-order valence-electron chi connectivity index (χ1n) is 14.9. The molecule has 3 atom stereocenters. The molecule has 9 heteroatoms. The molecule has 8 nitrogen and oxygen atoms in total. The molecule has 0 saturated carbocycles. The van der Waals surface area contributed by atoms with Gasteiger partial charge in [-0.15, -0.1) is 0 Å². The van der Waals surface area contributed by atoms with Gasteiger partial charge in [-0.2, -0.15) is 11.8 Å². The molecule has 0 bridgehead atoms. The van der Waals surface area contributed by atoms with Gasteiger partial charge in [0.2, 0.25) is 5.91 Å². The van der Waals surface area contributed by atoms with E-state index in [0.29, 0.717) is 24.3 Å². The number of nitrogens with one attached hydrogen (secondary N) is 1. The van der Waals surface area contributed by atoms with E-state index in [2.05, 4.69) is 5.32 Å².